The predicted molar refractivity (Wildman–Crippen MR) is 117 cm³/mol. The Morgan fingerprint density at radius 1 is 1.07 bits per heavy atom. The molecule has 0 saturated heterocycles. The molecular formula is C24H32N2O2. The summed E-state index contributed by atoms with van der Waals surface area (Å²) in [6, 6.07) is 12.3. The summed E-state index contributed by atoms with van der Waals surface area (Å²) in [5, 5.41) is 2.81. The van der Waals surface area contributed by atoms with Crippen molar-refractivity contribution in [2.45, 2.75) is 59.8 Å². The highest BCUT2D eigenvalue weighted by atomic mass is 16.2. The van der Waals surface area contributed by atoms with Gasteiger partial charge in [-0.15, -0.1) is 0 Å². The van der Waals surface area contributed by atoms with E-state index in [-0.39, 0.29) is 11.8 Å². The maximum absolute atomic E-state index is 11.5. The van der Waals surface area contributed by atoms with Crippen molar-refractivity contribution < 1.29 is 9.59 Å². The van der Waals surface area contributed by atoms with E-state index in [4.69, 9.17) is 0 Å². The van der Waals surface area contributed by atoms with E-state index in [2.05, 4.69) is 44.3 Å². The third-order valence-electron chi connectivity index (χ3n) is 5.08. The first-order valence-corrected chi connectivity index (χ1v) is 10.2. The van der Waals surface area contributed by atoms with Gasteiger partial charge in [-0.1, -0.05) is 58.9 Å². The number of anilines is 2. The molecule has 0 unspecified atom stereocenters. The molecule has 2 aliphatic heterocycles. The third-order valence-corrected chi connectivity index (χ3v) is 5.08. The van der Waals surface area contributed by atoms with Crippen LogP contribution < -0.4 is 10.2 Å². The summed E-state index contributed by atoms with van der Waals surface area (Å²) in [5.74, 6) is 0.801. The van der Waals surface area contributed by atoms with E-state index in [9.17, 15) is 9.59 Å². The normalized spacial score (nSPS) is 13.9. The van der Waals surface area contributed by atoms with E-state index in [0.717, 1.165) is 23.4 Å². The number of nitrogens with zero attached hydrogens (tertiary/aromatic N) is 1. The number of carbonyl (C=O) groups excluding carboxylic acids is 2. The van der Waals surface area contributed by atoms with Gasteiger partial charge >= 0.3 is 0 Å². The van der Waals surface area contributed by atoms with Gasteiger partial charge < -0.3 is 10.2 Å². The summed E-state index contributed by atoms with van der Waals surface area (Å²) in [6.07, 6.45) is 2.14. The van der Waals surface area contributed by atoms with Crippen LogP contribution >= 0.6 is 0 Å². The highest BCUT2D eigenvalue weighted by molar-refractivity contribution is 6.01. The molecule has 0 aromatic heterocycles. The largest absolute Gasteiger partial charge is 0.326 e. The number of nitrogens with one attached hydrogen (secondary N) is 1. The lowest BCUT2D eigenvalue weighted by molar-refractivity contribution is -0.117. The van der Waals surface area contributed by atoms with Gasteiger partial charge in [-0.3, -0.25) is 9.59 Å². The Morgan fingerprint density at radius 2 is 1.79 bits per heavy atom. The van der Waals surface area contributed by atoms with E-state index >= 15 is 0 Å². The van der Waals surface area contributed by atoms with Crippen LogP contribution in [0.25, 0.3) is 0 Å². The van der Waals surface area contributed by atoms with Gasteiger partial charge in [0.25, 0.3) is 0 Å². The molecule has 0 saturated carbocycles. The highest BCUT2D eigenvalue weighted by Gasteiger charge is 2.26. The average molecular weight is 381 g/mol. The first-order chi connectivity index (χ1) is 13.4. The Morgan fingerprint density at radius 3 is 2.43 bits per heavy atom. The molecule has 0 bridgehead atoms. The molecule has 4 rings (SSSR count). The van der Waals surface area contributed by atoms with Crippen molar-refractivity contribution in [3.8, 4) is 0 Å². The molecule has 2 aromatic carbocycles. The minimum absolute atomic E-state index is 0.109. The summed E-state index contributed by atoms with van der Waals surface area (Å²) < 4.78 is 0. The van der Waals surface area contributed by atoms with Crippen LogP contribution in [-0.2, 0) is 28.9 Å². The van der Waals surface area contributed by atoms with Crippen molar-refractivity contribution >= 4 is 23.2 Å². The van der Waals surface area contributed by atoms with Crippen molar-refractivity contribution in [2.75, 3.05) is 17.3 Å². The number of aryl methyl sites for hydroxylation is 1. The lowest BCUT2D eigenvalue weighted by atomic mass is 9.95. The zero-order valence-electron chi connectivity index (χ0n) is 17.9. The van der Waals surface area contributed by atoms with Crippen molar-refractivity contribution in [3.05, 3.63) is 58.7 Å². The highest BCUT2D eigenvalue weighted by Crippen LogP contribution is 2.33. The first kappa shape index (κ1) is 21.7. The number of carbonyl (C=O) groups is 2. The third kappa shape index (κ3) is 4.61. The smallest absolute Gasteiger partial charge is 0.231 e. The van der Waals surface area contributed by atoms with Gasteiger partial charge in [0.2, 0.25) is 11.8 Å². The number of hydrogen-bond acceptors (Lipinski definition) is 2. The minimum atomic E-state index is 0.109. The minimum Gasteiger partial charge on any atom is -0.326 e. The number of rotatable bonds is 2. The number of fused-ring (bicyclic) bond motifs is 2. The van der Waals surface area contributed by atoms with Gasteiger partial charge in [-0.05, 0) is 46.7 Å². The van der Waals surface area contributed by atoms with Crippen molar-refractivity contribution in [2.24, 2.45) is 0 Å². The molecule has 4 nitrogen and oxygen atoms in total. The molecule has 2 heterocycles. The van der Waals surface area contributed by atoms with Crippen molar-refractivity contribution in [1.29, 1.82) is 0 Å². The molecule has 0 atom stereocenters. The van der Waals surface area contributed by atoms with Crippen LogP contribution in [-0.4, -0.2) is 18.9 Å². The fourth-order valence-electron chi connectivity index (χ4n) is 3.55. The standard InChI is InChI=1S/C12H15NO.C10H11NO.C2H6/c1-8(2)9-5-4-6-11-10(9)7-12(14)13(11)3;1-2-7-3-4-9-8(5-7)6-10(12)11-9;1-2/h4-6,8H,7H2,1-3H3;3-5H,2,6H2,1H3,(H,11,12);1-2H3. The van der Waals surface area contributed by atoms with Crippen LogP contribution in [0.15, 0.2) is 36.4 Å². The zero-order chi connectivity index (χ0) is 20.8. The molecule has 0 aliphatic carbocycles. The van der Waals surface area contributed by atoms with Gasteiger partial charge in [0.1, 0.15) is 0 Å². The quantitative estimate of drug-likeness (QED) is 0.788. The topological polar surface area (TPSA) is 49.4 Å². The molecule has 150 valence electrons. The molecule has 2 amide bonds. The molecule has 1 N–H and O–H groups in total. The van der Waals surface area contributed by atoms with Crippen LogP contribution in [0, 0.1) is 0 Å². The van der Waals surface area contributed by atoms with Gasteiger partial charge in [0.15, 0.2) is 0 Å². The number of benzene rings is 2. The predicted octanol–water partition coefficient (Wildman–Crippen LogP) is 5.10. The summed E-state index contributed by atoms with van der Waals surface area (Å²) in [6.45, 7) is 10.4. The Bertz CT molecular complexity index is 856. The van der Waals surface area contributed by atoms with Gasteiger partial charge in [0, 0.05) is 18.4 Å². The van der Waals surface area contributed by atoms with E-state index in [0.29, 0.717) is 18.8 Å². The summed E-state index contributed by atoms with van der Waals surface area (Å²) in [7, 11) is 1.85. The Balaban J connectivity index is 0.000000186. The number of amides is 2. The first-order valence-electron chi connectivity index (χ1n) is 10.2. The molecule has 0 spiro atoms. The lowest BCUT2D eigenvalue weighted by Crippen LogP contribution is -2.20. The van der Waals surface area contributed by atoms with E-state index in [1.165, 1.54) is 16.7 Å². The molecule has 2 aromatic rings. The zero-order valence-corrected chi connectivity index (χ0v) is 17.9. The van der Waals surface area contributed by atoms with Gasteiger partial charge in [0.05, 0.1) is 12.8 Å². The summed E-state index contributed by atoms with van der Waals surface area (Å²) in [5.41, 5.74) is 7.03. The van der Waals surface area contributed by atoms with Crippen LogP contribution in [0.2, 0.25) is 0 Å². The second-order valence-corrected chi connectivity index (χ2v) is 7.20. The SMILES string of the molecule is CC.CC(C)c1cccc2c1CC(=O)N2C.CCc1ccc2c(c1)CC(=O)N2. The monoisotopic (exact) mass is 380 g/mol. The van der Waals surface area contributed by atoms with E-state index in [1.54, 1.807) is 4.90 Å². The lowest BCUT2D eigenvalue weighted by Gasteiger charge is -2.13. The van der Waals surface area contributed by atoms with Crippen molar-refractivity contribution in [3.63, 3.8) is 0 Å². The van der Waals surface area contributed by atoms with Gasteiger partial charge in [-0.25, -0.2) is 0 Å². The fraction of sp³-hybridized carbons (Fsp3) is 0.417. The second kappa shape index (κ2) is 9.54. The fourth-order valence-corrected chi connectivity index (χ4v) is 3.55. The van der Waals surface area contributed by atoms with Crippen LogP contribution in [0.5, 0.6) is 0 Å². The van der Waals surface area contributed by atoms with Crippen molar-refractivity contribution in [1.82, 2.24) is 0 Å². The Kier molecular flexibility index (Phi) is 7.38. The average Bonchev–Trinajstić information content (AvgIpc) is 3.21. The molecule has 0 radical (unpaired) electrons. The van der Waals surface area contributed by atoms with Crippen LogP contribution in [0.3, 0.4) is 0 Å². The number of likely N-dealkylation sites (N-methyl/N-ethyl adjacent to an activating group) is 1. The maximum Gasteiger partial charge on any atom is 0.231 e. The van der Waals surface area contributed by atoms with E-state index in [1.807, 2.05) is 39.1 Å². The van der Waals surface area contributed by atoms with Crippen LogP contribution in [0.4, 0.5) is 11.4 Å². The maximum atomic E-state index is 11.5. The van der Waals surface area contributed by atoms with Gasteiger partial charge in [-0.2, -0.15) is 0 Å². The van der Waals surface area contributed by atoms with Crippen LogP contribution in [0.1, 0.15) is 62.8 Å². The molecular weight excluding hydrogens is 348 g/mol. The molecule has 0 fully saturated rings. The summed E-state index contributed by atoms with van der Waals surface area (Å²) >= 11 is 0. The van der Waals surface area contributed by atoms with E-state index < -0.39 is 0 Å². The molecule has 2 aliphatic rings. The molecule has 4 heteroatoms. The Hall–Kier alpha value is -2.62. The Labute approximate surface area is 169 Å². The second-order valence-electron chi connectivity index (χ2n) is 7.20. The summed E-state index contributed by atoms with van der Waals surface area (Å²) in [4.78, 5) is 24.3. The number of hydrogen-bond donors (Lipinski definition) is 1. The molecule has 28 heavy (non-hydrogen) atoms.